The van der Waals surface area contributed by atoms with Crippen molar-refractivity contribution >= 4 is 0 Å². The van der Waals surface area contributed by atoms with Crippen LogP contribution in [0.15, 0.2) is 66.7 Å². The number of nitrogens with one attached hydrogen (secondary N) is 1. The maximum absolute atomic E-state index is 4.88. The van der Waals surface area contributed by atoms with E-state index < -0.39 is 0 Å². The molecule has 1 aromatic heterocycles. The maximum Gasteiger partial charge on any atom is 0.0649 e. The lowest BCUT2D eigenvalue weighted by Gasteiger charge is -2.15. The van der Waals surface area contributed by atoms with Gasteiger partial charge in [-0.15, -0.1) is 0 Å². The Balaban J connectivity index is 1.48. The number of nitrogens with zero attached hydrogens (tertiary/aromatic N) is 2. The first-order chi connectivity index (χ1) is 14.0. The molecule has 2 aromatic carbocycles. The molecule has 3 aromatic rings. The van der Waals surface area contributed by atoms with Crippen molar-refractivity contribution in [3.8, 4) is 5.69 Å². The van der Waals surface area contributed by atoms with Gasteiger partial charge in [-0.2, -0.15) is 5.10 Å². The van der Waals surface area contributed by atoms with Gasteiger partial charge in [-0.05, 0) is 49.4 Å². The average molecular weight is 386 g/mol. The lowest BCUT2D eigenvalue weighted by molar-refractivity contribution is 0.559. The first kappa shape index (κ1) is 19.7. The molecule has 29 heavy (non-hydrogen) atoms. The molecule has 0 spiro atoms. The van der Waals surface area contributed by atoms with Gasteiger partial charge in [-0.1, -0.05) is 68.5 Å². The Kier molecular flexibility index (Phi) is 5.68. The van der Waals surface area contributed by atoms with Gasteiger partial charge in [-0.3, -0.25) is 0 Å². The van der Waals surface area contributed by atoms with E-state index in [-0.39, 0.29) is 0 Å². The molecule has 1 N–H and O–H groups in total. The van der Waals surface area contributed by atoms with Crippen LogP contribution in [0.3, 0.4) is 0 Å². The van der Waals surface area contributed by atoms with E-state index in [1.165, 1.54) is 22.4 Å². The Morgan fingerprint density at radius 2 is 1.72 bits per heavy atom. The fourth-order valence-electron chi connectivity index (χ4n) is 4.35. The van der Waals surface area contributed by atoms with E-state index in [1.54, 1.807) is 0 Å². The van der Waals surface area contributed by atoms with E-state index in [2.05, 4.69) is 104 Å². The lowest BCUT2D eigenvalue weighted by Crippen LogP contribution is -2.25. The highest BCUT2D eigenvalue weighted by molar-refractivity contribution is 5.42. The van der Waals surface area contributed by atoms with Crippen LogP contribution >= 0.6 is 0 Å². The largest absolute Gasteiger partial charge is 0.306 e. The fraction of sp³-hybridized carbons (Fsp3) is 0.346. The first-order valence-corrected chi connectivity index (χ1v) is 10.6. The molecule has 4 rings (SSSR count). The standard InChI is InChI=1S/C26H31N3/c1-18(2)22-11-14-25(15-12-22)29-20(4)26(19(3)28-29)23-10-13-24(16-23)27-17-21-8-6-5-7-9-21/h5-15,18,23-24,27H,16-17H2,1-4H3/t23-,24+/m0/s1. The predicted molar refractivity (Wildman–Crippen MR) is 121 cm³/mol. The molecule has 0 fully saturated rings. The number of rotatable bonds is 6. The summed E-state index contributed by atoms with van der Waals surface area (Å²) in [4.78, 5) is 0. The molecule has 1 aliphatic carbocycles. The normalized spacial score (nSPS) is 18.7. The van der Waals surface area contributed by atoms with Gasteiger partial charge in [0.15, 0.2) is 0 Å². The van der Waals surface area contributed by atoms with Gasteiger partial charge in [0, 0.05) is 29.8 Å². The van der Waals surface area contributed by atoms with Crippen LogP contribution in [-0.2, 0) is 6.54 Å². The molecule has 0 aliphatic heterocycles. The van der Waals surface area contributed by atoms with Gasteiger partial charge in [-0.25, -0.2) is 4.68 Å². The molecule has 0 saturated carbocycles. The summed E-state index contributed by atoms with van der Waals surface area (Å²) in [6, 6.07) is 19.8. The van der Waals surface area contributed by atoms with Gasteiger partial charge < -0.3 is 5.32 Å². The molecule has 3 heteroatoms. The van der Waals surface area contributed by atoms with E-state index in [1.807, 2.05) is 0 Å². The number of benzene rings is 2. The number of hydrogen-bond donors (Lipinski definition) is 1. The third-order valence-electron chi connectivity index (χ3n) is 6.02. The highest BCUT2D eigenvalue weighted by atomic mass is 15.3. The Hall–Kier alpha value is -2.65. The molecule has 150 valence electrons. The topological polar surface area (TPSA) is 29.9 Å². The second kappa shape index (κ2) is 8.38. The van der Waals surface area contributed by atoms with Gasteiger partial charge in [0.25, 0.3) is 0 Å². The zero-order valence-corrected chi connectivity index (χ0v) is 17.9. The van der Waals surface area contributed by atoms with E-state index in [0.29, 0.717) is 17.9 Å². The van der Waals surface area contributed by atoms with Crippen molar-refractivity contribution in [1.29, 1.82) is 0 Å². The monoisotopic (exact) mass is 385 g/mol. The lowest BCUT2D eigenvalue weighted by atomic mass is 9.95. The van der Waals surface area contributed by atoms with E-state index in [0.717, 1.165) is 24.3 Å². The Labute approximate surface area is 174 Å². The maximum atomic E-state index is 4.88. The minimum atomic E-state index is 0.410. The summed E-state index contributed by atoms with van der Waals surface area (Å²) in [5.41, 5.74) is 7.59. The summed E-state index contributed by atoms with van der Waals surface area (Å²) >= 11 is 0. The molecule has 0 amide bonds. The van der Waals surface area contributed by atoms with Crippen molar-refractivity contribution in [2.45, 2.75) is 58.5 Å². The molecule has 1 heterocycles. The van der Waals surface area contributed by atoms with Crippen LogP contribution in [-0.4, -0.2) is 15.8 Å². The molecule has 0 bridgehead atoms. The van der Waals surface area contributed by atoms with Crippen molar-refractivity contribution in [2.75, 3.05) is 0 Å². The van der Waals surface area contributed by atoms with E-state index in [4.69, 9.17) is 5.10 Å². The van der Waals surface area contributed by atoms with Crippen molar-refractivity contribution in [2.24, 2.45) is 0 Å². The zero-order chi connectivity index (χ0) is 20.4. The van der Waals surface area contributed by atoms with Gasteiger partial charge in [0.05, 0.1) is 11.4 Å². The van der Waals surface area contributed by atoms with Gasteiger partial charge in [0.2, 0.25) is 0 Å². The summed E-state index contributed by atoms with van der Waals surface area (Å²) < 4.78 is 2.10. The smallest absolute Gasteiger partial charge is 0.0649 e. The van der Waals surface area contributed by atoms with Gasteiger partial charge in [0.1, 0.15) is 0 Å². The van der Waals surface area contributed by atoms with Crippen molar-refractivity contribution in [3.63, 3.8) is 0 Å². The number of hydrogen-bond acceptors (Lipinski definition) is 2. The minimum absolute atomic E-state index is 0.410. The predicted octanol–water partition coefficient (Wildman–Crippen LogP) is 5.81. The van der Waals surface area contributed by atoms with E-state index >= 15 is 0 Å². The van der Waals surface area contributed by atoms with Crippen LogP contribution in [0.2, 0.25) is 0 Å². The SMILES string of the molecule is Cc1nn(-c2ccc(C(C)C)cc2)c(C)c1[C@H]1C=C[C@@H](NCc2ccccc2)C1. The summed E-state index contributed by atoms with van der Waals surface area (Å²) in [6.45, 7) is 9.70. The number of aryl methyl sites for hydroxylation is 1. The molecule has 0 saturated heterocycles. The summed E-state index contributed by atoms with van der Waals surface area (Å²) in [6.07, 6.45) is 5.76. The Bertz CT molecular complexity index is 981. The van der Waals surface area contributed by atoms with Crippen LogP contribution in [0.1, 0.15) is 60.2 Å². The molecule has 1 aliphatic rings. The summed E-state index contributed by atoms with van der Waals surface area (Å²) in [5.74, 6) is 0.968. The van der Waals surface area contributed by atoms with Crippen LogP contribution in [0.5, 0.6) is 0 Å². The quantitative estimate of drug-likeness (QED) is 0.542. The highest BCUT2D eigenvalue weighted by Gasteiger charge is 2.26. The molecular weight excluding hydrogens is 354 g/mol. The molecule has 0 radical (unpaired) electrons. The van der Waals surface area contributed by atoms with Crippen LogP contribution in [0, 0.1) is 13.8 Å². The zero-order valence-electron chi connectivity index (χ0n) is 17.9. The number of allylic oxidation sites excluding steroid dienone is 1. The second-order valence-corrected chi connectivity index (χ2v) is 8.44. The van der Waals surface area contributed by atoms with Crippen LogP contribution in [0.25, 0.3) is 5.69 Å². The summed E-state index contributed by atoms with van der Waals surface area (Å²) in [5, 5.41) is 8.56. The third kappa shape index (κ3) is 4.20. The van der Waals surface area contributed by atoms with Crippen LogP contribution < -0.4 is 5.32 Å². The van der Waals surface area contributed by atoms with Crippen molar-refractivity contribution < 1.29 is 0 Å². The van der Waals surface area contributed by atoms with Crippen LogP contribution in [0.4, 0.5) is 0 Å². The molecule has 0 unspecified atom stereocenters. The number of aromatic nitrogens is 2. The van der Waals surface area contributed by atoms with Gasteiger partial charge >= 0.3 is 0 Å². The first-order valence-electron chi connectivity index (χ1n) is 10.6. The van der Waals surface area contributed by atoms with E-state index in [9.17, 15) is 0 Å². The third-order valence-corrected chi connectivity index (χ3v) is 6.02. The van der Waals surface area contributed by atoms with Crippen molar-refractivity contribution in [3.05, 3.63) is 94.8 Å². The minimum Gasteiger partial charge on any atom is -0.306 e. The Morgan fingerprint density at radius 3 is 2.41 bits per heavy atom. The fourth-order valence-corrected chi connectivity index (χ4v) is 4.35. The average Bonchev–Trinajstić information content (AvgIpc) is 3.31. The van der Waals surface area contributed by atoms with Crippen molar-refractivity contribution in [1.82, 2.24) is 15.1 Å². The molecular formula is C26H31N3. The molecule has 2 atom stereocenters. The second-order valence-electron chi connectivity index (χ2n) is 8.44. The molecule has 3 nitrogen and oxygen atoms in total. The Morgan fingerprint density at radius 1 is 1.00 bits per heavy atom. The summed E-state index contributed by atoms with van der Waals surface area (Å²) in [7, 11) is 0. The highest BCUT2D eigenvalue weighted by Crippen LogP contribution is 2.34.